The van der Waals surface area contributed by atoms with E-state index in [9.17, 15) is 20.1 Å². The molecule has 3 rings (SSSR count). The lowest BCUT2D eigenvalue weighted by Gasteiger charge is -2.49. The van der Waals surface area contributed by atoms with Crippen molar-refractivity contribution in [3.63, 3.8) is 0 Å². The van der Waals surface area contributed by atoms with E-state index in [1.165, 1.54) is 11.6 Å². The van der Waals surface area contributed by atoms with Gasteiger partial charge in [0.25, 0.3) is 5.56 Å². The highest BCUT2D eigenvalue weighted by molar-refractivity contribution is 5.55. The number of nitrogens with zero attached hydrogens (tertiary/aromatic N) is 5. The van der Waals surface area contributed by atoms with Gasteiger partial charge in [-0.15, -0.1) is 0 Å². The van der Waals surface area contributed by atoms with Gasteiger partial charge in [0.05, 0.1) is 23.7 Å². The first-order valence-electron chi connectivity index (χ1n) is 7.74. The molecule has 0 aliphatic carbocycles. The molecule has 23 heavy (non-hydrogen) atoms. The Kier molecular flexibility index (Phi) is 3.33. The van der Waals surface area contributed by atoms with Gasteiger partial charge in [-0.3, -0.25) is 13.9 Å². The van der Waals surface area contributed by atoms with Gasteiger partial charge in [0, 0.05) is 27.1 Å². The Morgan fingerprint density at radius 2 is 1.83 bits per heavy atom. The highest BCUT2D eigenvalue weighted by Gasteiger charge is 2.51. The van der Waals surface area contributed by atoms with Crippen LogP contribution in [0.3, 0.4) is 0 Å². The second-order valence-corrected chi connectivity index (χ2v) is 6.72. The summed E-state index contributed by atoms with van der Waals surface area (Å²) in [7, 11) is 3.07. The first-order chi connectivity index (χ1) is 10.9. The second kappa shape index (κ2) is 4.99. The summed E-state index contributed by atoms with van der Waals surface area (Å²) in [4.78, 5) is 26.8. The van der Waals surface area contributed by atoms with E-state index >= 15 is 0 Å². The van der Waals surface area contributed by atoms with Gasteiger partial charge in [-0.2, -0.15) is 10.5 Å². The fourth-order valence-electron chi connectivity index (χ4n) is 3.94. The molecular formula is C16H19N5O2. The van der Waals surface area contributed by atoms with Gasteiger partial charge < -0.3 is 4.90 Å². The maximum Gasteiger partial charge on any atom is 0.332 e. The van der Waals surface area contributed by atoms with E-state index in [4.69, 9.17) is 0 Å². The predicted octanol–water partition coefficient (Wildman–Crippen LogP) is 0.279. The Bertz CT molecular complexity index is 853. The Balaban J connectivity index is 2.34. The van der Waals surface area contributed by atoms with E-state index in [0.717, 1.165) is 11.0 Å². The smallest absolute Gasteiger partial charge is 0.332 e. The van der Waals surface area contributed by atoms with Crippen molar-refractivity contribution in [2.75, 3.05) is 11.4 Å². The van der Waals surface area contributed by atoms with Crippen LogP contribution in [0.1, 0.15) is 25.3 Å². The molecule has 2 unspecified atom stereocenters. The van der Waals surface area contributed by atoms with Crippen LogP contribution in [-0.4, -0.2) is 21.7 Å². The molecule has 2 aliphatic rings. The van der Waals surface area contributed by atoms with Crippen LogP contribution in [0.5, 0.6) is 0 Å². The van der Waals surface area contributed by atoms with Gasteiger partial charge in [-0.05, 0) is 18.8 Å². The van der Waals surface area contributed by atoms with Gasteiger partial charge in [-0.1, -0.05) is 6.92 Å². The Hall–Kier alpha value is -2.54. The molecule has 7 heteroatoms. The number of hydrogen-bond donors (Lipinski definition) is 0. The second-order valence-electron chi connectivity index (χ2n) is 6.72. The van der Waals surface area contributed by atoms with Crippen LogP contribution < -0.4 is 16.1 Å². The molecule has 2 atom stereocenters. The van der Waals surface area contributed by atoms with Crippen LogP contribution in [0.25, 0.3) is 0 Å². The first kappa shape index (κ1) is 15.4. The summed E-state index contributed by atoms with van der Waals surface area (Å²) in [5.74, 6) is 0.985. The minimum atomic E-state index is -1.24. The average molecular weight is 313 g/mol. The molecule has 0 spiro atoms. The number of piperidine rings is 1. The summed E-state index contributed by atoms with van der Waals surface area (Å²) in [5, 5.41) is 19.4. The van der Waals surface area contributed by atoms with Gasteiger partial charge in [0.15, 0.2) is 5.41 Å². The van der Waals surface area contributed by atoms with E-state index in [0.29, 0.717) is 30.3 Å². The standard InChI is InChI=1S/C16H19N5O2/c1-10-4-5-21-12(6-10)16(8-17,9-18)7-11-13(21)19(2)15(23)20(3)14(11)22/h10,12H,4-7H2,1-3H3. The summed E-state index contributed by atoms with van der Waals surface area (Å²) in [6.07, 6.45) is 1.69. The van der Waals surface area contributed by atoms with Crippen molar-refractivity contribution in [2.24, 2.45) is 25.4 Å². The number of anilines is 1. The summed E-state index contributed by atoms with van der Waals surface area (Å²) >= 11 is 0. The van der Waals surface area contributed by atoms with Crippen molar-refractivity contribution in [1.82, 2.24) is 9.13 Å². The number of rotatable bonds is 0. The third kappa shape index (κ3) is 1.93. The van der Waals surface area contributed by atoms with Gasteiger partial charge in [0.1, 0.15) is 5.82 Å². The summed E-state index contributed by atoms with van der Waals surface area (Å²) in [5.41, 5.74) is -1.64. The lowest BCUT2D eigenvalue weighted by atomic mass is 9.69. The summed E-state index contributed by atoms with van der Waals surface area (Å²) in [6, 6.07) is 4.05. The SMILES string of the molecule is CC1CCN2c3c(c(=O)n(C)c(=O)n3C)CC(C#N)(C#N)C2C1. The molecular weight excluding hydrogens is 294 g/mol. The Labute approximate surface area is 134 Å². The molecule has 0 N–H and O–H groups in total. The summed E-state index contributed by atoms with van der Waals surface area (Å²) < 4.78 is 2.52. The van der Waals surface area contributed by atoms with Crippen molar-refractivity contribution in [1.29, 1.82) is 10.5 Å². The molecule has 1 aromatic rings. The molecule has 120 valence electrons. The van der Waals surface area contributed by atoms with E-state index in [2.05, 4.69) is 19.1 Å². The van der Waals surface area contributed by atoms with E-state index in [1.807, 2.05) is 4.90 Å². The van der Waals surface area contributed by atoms with Gasteiger partial charge >= 0.3 is 5.69 Å². The monoisotopic (exact) mass is 313 g/mol. The van der Waals surface area contributed by atoms with Crippen molar-refractivity contribution in [2.45, 2.75) is 32.2 Å². The topological polar surface area (TPSA) is 94.8 Å². The number of aromatic nitrogens is 2. The van der Waals surface area contributed by atoms with Crippen LogP contribution in [0.2, 0.25) is 0 Å². The maximum atomic E-state index is 12.5. The highest BCUT2D eigenvalue weighted by atomic mass is 16.2. The zero-order valence-corrected chi connectivity index (χ0v) is 13.5. The third-order valence-corrected chi connectivity index (χ3v) is 5.28. The fourth-order valence-corrected chi connectivity index (χ4v) is 3.94. The van der Waals surface area contributed by atoms with Crippen LogP contribution in [-0.2, 0) is 20.5 Å². The van der Waals surface area contributed by atoms with Crippen LogP contribution >= 0.6 is 0 Å². The van der Waals surface area contributed by atoms with E-state index < -0.39 is 11.0 Å². The third-order valence-electron chi connectivity index (χ3n) is 5.28. The van der Waals surface area contributed by atoms with Crippen molar-refractivity contribution in [3.05, 3.63) is 26.4 Å². The molecule has 7 nitrogen and oxygen atoms in total. The Morgan fingerprint density at radius 3 is 2.43 bits per heavy atom. The fraction of sp³-hybridized carbons (Fsp3) is 0.625. The molecule has 3 heterocycles. The zero-order valence-electron chi connectivity index (χ0n) is 13.5. The normalized spacial score (nSPS) is 25.0. The number of hydrogen-bond acceptors (Lipinski definition) is 5. The molecule has 1 aromatic heterocycles. The van der Waals surface area contributed by atoms with E-state index in [1.54, 1.807) is 7.05 Å². The van der Waals surface area contributed by atoms with Crippen molar-refractivity contribution in [3.8, 4) is 12.1 Å². The minimum Gasteiger partial charge on any atom is -0.352 e. The zero-order chi connectivity index (χ0) is 16.9. The first-order valence-corrected chi connectivity index (χ1v) is 7.74. The quantitative estimate of drug-likeness (QED) is 0.685. The molecule has 0 radical (unpaired) electrons. The lowest BCUT2D eigenvalue weighted by molar-refractivity contribution is 0.254. The molecule has 0 amide bonds. The number of nitriles is 2. The average Bonchev–Trinajstić information content (AvgIpc) is 2.56. The lowest BCUT2D eigenvalue weighted by Crippen LogP contribution is -2.59. The minimum absolute atomic E-state index is 0.0734. The summed E-state index contributed by atoms with van der Waals surface area (Å²) in [6.45, 7) is 2.75. The molecule has 1 fully saturated rings. The predicted molar refractivity (Wildman–Crippen MR) is 83.8 cm³/mol. The Morgan fingerprint density at radius 1 is 1.17 bits per heavy atom. The molecule has 0 bridgehead atoms. The molecule has 1 saturated heterocycles. The van der Waals surface area contributed by atoms with Crippen LogP contribution in [0.4, 0.5) is 5.82 Å². The largest absolute Gasteiger partial charge is 0.352 e. The van der Waals surface area contributed by atoms with E-state index in [-0.39, 0.29) is 18.2 Å². The molecule has 0 aromatic carbocycles. The highest BCUT2D eigenvalue weighted by Crippen LogP contribution is 2.44. The molecule has 0 saturated carbocycles. The van der Waals surface area contributed by atoms with Crippen molar-refractivity contribution >= 4 is 5.82 Å². The number of fused-ring (bicyclic) bond motifs is 3. The van der Waals surface area contributed by atoms with Gasteiger partial charge in [-0.25, -0.2) is 4.79 Å². The van der Waals surface area contributed by atoms with Crippen LogP contribution in [0, 0.1) is 34.0 Å². The maximum absolute atomic E-state index is 12.5. The van der Waals surface area contributed by atoms with Gasteiger partial charge in [0.2, 0.25) is 0 Å². The molecule has 2 aliphatic heterocycles. The van der Waals surface area contributed by atoms with Crippen molar-refractivity contribution < 1.29 is 0 Å². The van der Waals surface area contributed by atoms with Crippen LogP contribution in [0.15, 0.2) is 9.59 Å².